The summed E-state index contributed by atoms with van der Waals surface area (Å²) in [6.45, 7) is 3.32. The van der Waals surface area contributed by atoms with Gasteiger partial charge in [-0.2, -0.15) is 0 Å². The van der Waals surface area contributed by atoms with E-state index in [1.807, 2.05) is 6.20 Å². The fourth-order valence-corrected chi connectivity index (χ4v) is 1.93. The van der Waals surface area contributed by atoms with Crippen LogP contribution < -0.4 is 0 Å². The molecule has 14 heavy (non-hydrogen) atoms. The van der Waals surface area contributed by atoms with Crippen molar-refractivity contribution in [2.75, 3.05) is 13.1 Å². The van der Waals surface area contributed by atoms with Crippen LogP contribution in [0.5, 0.6) is 0 Å². The van der Waals surface area contributed by atoms with Gasteiger partial charge in [-0.05, 0) is 25.9 Å². The molecule has 0 spiro atoms. The van der Waals surface area contributed by atoms with Gasteiger partial charge in [0, 0.05) is 12.7 Å². The van der Waals surface area contributed by atoms with E-state index in [9.17, 15) is 0 Å². The van der Waals surface area contributed by atoms with Gasteiger partial charge in [0.15, 0.2) is 0 Å². The van der Waals surface area contributed by atoms with Crippen molar-refractivity contribution in [3.05, 3.63) is 18.9 Å². The Morgan fingerprint density at radius 2 is 1.93 bits per heavy atom. The highest BCUT2D eigenvalue weighted by atomic mass is 15.4. The average molecular weight is 193 g/mol. The van der Waals surface area contributed by atoms with Crippen molar-refractivity contribution in [2.45, 2.75) is 32.2 Å². The maximum atomic E-state index is 4.05. The second-order valence-corrected chi connectivity index (χ2v) is 3.94. The lowest BCUT2D eigenvalue weighted by Gasteiger charge is -2.17. The Morgan fingerprint density at radius 3 is 2.50 bits per heavy atom. The fraction of sp³-hybridized carbons (Fsp3) is 0.700. The Morgan fingerprint density at radius 1 is 1.21 bits per heavy atom. The van der Waals surface area contributed by atoms with Gasteiger partial charge in [0.05, 0.1) is 12.7 Å². The molecule has 77 valence electrons. The number of nitrogens with zero attached hydrogens (tertiary/aromatic N) is 4. The van der Waals surface area contributed by atoms with Crippen molar-refractivity contribution in [1.82, 2.24) is 19.9 Å². The summed E-state index contributed by atoms with van der Waals surface area (Å²) >= 11 is 0. The fourth-order valence-electron chi connectivity index (χ4n) is 1.93. The molecule has 0 aromatic carbocycles. The summed E-state index contributed by atoms with van der Waals surface area (Å²) in [5, 5.41) is 7.88. The number of hydrogen-bond acceptors (Lipinski definition) is 3. The summed E-state index contributed by atoms with van der Waals surface area (Å²) in [6, 6.07) is 0. The van der Waals surface area contributed by atoms with E-state index < -0.39 is 0 Å². The van der Waals surface area contributed by atoms with Crippen LogP contribution in [0.3, 0.4) is 0 Å². The van der Waals surface area contributed by atoms with E-state index >= 15 is 0 Å². The third kappa shape index (κ3) is 2.54. The molecule has 0 amide bonds. The third-order valence-corrected chi connectivity index (χ3v) is 2.67. The third-order valence-electron chi connectivity index (χ3n) is 2.67. The molecule has 2 rings (SSSR count). The normalized spacial score (nSPS) is 19.5. The van der Waals surface area contributed by atoms with Crippen LogP contribution in [-0.4, -0.2) is 33.0 Å². The van der Waals surface area contributed by atoms with Crippen LogP contribution in [0.15, 0.2) is 6.20 Å². The van der Waals surface area contributed by atoms with Crippen molar-refractivity contribution >= 4 is 0 Å². The van der Waals surface area contributed by atoms with Gasteiger partial charge in [0.1, 0.15) is 0 Å². The maximum absolute atomic E-state index is 4.05. The minimum atomic E-state index is 0.926. The van der Waals surface area contributed by atoms with Crippen molar-refractivity contribution in [3.63, 3.8) is 0 Å². The molecule has 1 aromatic heterocycles. The summed E-state index contributed by atoms with van der Waals surface area (Å²) < 4.78 is 1.52. The van der Waals surface area contributed by atoms with Gasteiger partial charge in [-0.15, -0.1) is 5.10 Å². The number of likely N-dealkylation sites (tertiary alicyclic amines) is 1. The Balaban J connectivity index is 1.89. The van der Waals surface area contributed by atoms with Crippen LogP contribution in [0.2, 0.25) is 0 Å². The van der Waals surface area contributed by atoms with Crippen LogP contribution in [0.25, 0.3) is 0 Å². The van der Waals surface area contributed by atoms with Gasteiger partial charge in [-0.1, -0.05) is 18.1 Å². The smallest absolute Gasteiger partial charge is 0.0967 e. The van der Waals surface area contributed by atoms with Crippen molar-refractivity contribution in [1.29, 1.82) is 0 Å². The zero-order chi connectivity index (χ0) is 9.80. The van der Waals surface area contributed by atoms with Crippen molar-refractivity contribution in [3.8, 4) is 0 Å². The maximum Gasteiger partial charge on any atom is 0.0967 e. The first-order valence-electron chi connectivity index (χ1n) is 5.29. The van der Waals surface area contributed by atoms with Gasteiger partial charge in [0.25, 0.3) is 0 Å². The molecule has 1 aliphatic rings. The van der Waals surface area contributed by atoms with E-state index in [0.717, 1.165) is 12.2 Å². The van der Waals surface area contributed by atoms with E-state index in [2.05, 4.69) is 22.3 Å². The molecular formula is C10H17N4. The molecule has 1 aliphatic heterocycles. The van der Waals surface area contributed by atoms with Crippen LogP contribution in [0.4, 0.5) is 0 Å². The molecule has 1 saturated heterocycles. The van der Waals surface area contributed by atoms with Gasteiger partial charge in [-0.3, -0.25) is 9.58 Å². The van der Waals surface area contributed by atoms with Gasteiger partial charge >= 0.3 is 0 Å². The minimum absolute atomic E-state index is 0.926. The predicted molar refractivity (Wildman–Crippen MR) is 54.5 cm³/mol. The number of aromatic nitrogens is 3. The molecule has 0 N–H and O–H groups in total. The summed E-state index contributed by atoms with van der Waals surface area (Å²) in [6.07, 6.45) is 7.28. The highest BCUT2D eigenvalue weighted by Gasteiger charge is 2.10. The molecule has 1 aromatic rings. The lowest BCUT2D eigenvalue weighted by atomic mass is 10.2. The zero-order valence-corrected chi connectivity index (χ0v) is 8.52. The van der Waals surface area contributed by atoms with Crippen molar-refractivity contribution in [2.24, 2.45) is 0 Å². The highest BCUT2D eigenvalue weighted by Crippen LogP contribution is 2.11. The van der Waals surface area contributed by atoms with Crippen LogP contribution in [0.1, 0.15) is 31.4 Å². The molecule has 0 aliphatic carbocycles. The molecule has 4 nitrogen and oxygen atoms in total. The van der Waals surface area contributed by atoms with Crippen molar-refractivity contribution < 1.29 is 0 Å². The standard InChI is InChI=1S/C10H17N4/c1-13-8-10(11-12-13)9-14-6-4-2-3-5-7-14/h8H,1-7,9H2. The lowest BCUT2D eigenvalue weighted by molar-refractivity contribution is 0.273. The van der Waals surface area contributed by atoms with Crippen LogP contribution in [-0.2, 0) is 6.54 Å². The van der Waals surface area contributed by atoms with E-state index in [4.69, 9.17) is 0 Å². The molecule has 1 fully saturated rings. The molecular weight excluding hydrogens is 176 g/mol. The average Bonchev–Trinajstić information content (AvgIpc) is 2.43. The Kier molecular flexibility index (Phi) is 3.14. The summed E-state index contributed by atoms with van der Waals surface area (Å²) in [7, 11) is 3.68. The van der Waals surface area contributed by atoms with E-state index in [-0.39, 0.29) is 0 Å². The molecule has 0 unspecified atom stereocenters. The van der Waals surface area contributed by atoms with Crippen LogP contribution in [0, 0.1) is 7.05 Å². The minimum Gasteiger partial charge on any atom is -0.297 e. The SMILES string of the molecule is [CH2]n1cc(CN2CCCCCC2)nn1. The van der Waals surface area contributed by atoms with E-state index in [1.165, 1.54) is 43.5 Å². The quantitative estimate of drug-likeness (QED) is 0.710. The molecule has 4 heteroatoms. The van der Waals surface area contributed by atoms with Gasteiger partial charge in [0.2, 0.25) is 0 Å². The number of rotatable bonds is 2. The summed E-state index contributed by atoms with van der Waals surface area (Å²) in [5.74, 6) is 0. The Labute approximate surface area is 84.9 Å². The first kappa shape index (κ1) is 9.65. The zero-order valence-electron chi connectivity index (χ0n) is 8.52. The van der Waals surface area contributed by atoms with E-state index in [0.29, 0.717) is 0 Å². The summed E-state index contributed by atoms with van der Waals surface area (Å²) in [4.78, 5) is 2.46. The molecule has 0 atom stereocenters. The Hall–Kier alpha value is -0.900. The van der Waals surface area contributed by atoms with Gasteiger partial charge < -0.3 is 0 Å². The second-order valence-electron chi connectivity index (χ2n) is 3.94. The van der Waals surface area contributed by atoms with E-state index in [1.54, 1.807) is 0 Å². The monoisotopic (exact) mass is 193 g/mol. The lowest BCUT2D eigenvalue weighted by Crippen LogP contribution is -2.24. The van der Waals surface area contributed by atoms with Crippen LogP contribution >= 0.6 is 0 Å². The molecule has 0 bridgehead atoms. The molecule has 0 saturated carbocycles. The number of hydrogen-bond donors (Lipinski definition) is 0. The van der Waals surface area contributed by atoms with Gasteiger partial charge in [-0.25, -0.2) is 0 Å². The first-order valence-corrected chi connectivity index (χ1v) is 5.29. The predicted octanol–water partition coefficient (Wildman–Crippen LogP) is 1.29. The first-order chi connectivity index (χ1) is 6.84. The Bertz CT molecular complexity index is 273. The highest BCUT2D eigenvalue weighted by molar-refractivity contribution is 4.92. The molecule has 2 heterocycles. The topological polar surface area (TPSA) is 34.0 Å². The molecule has 1 radical (unpaired) electrons. The largest absolute Gasteiger partial charge is 0.297 e. The summed E-state index contributed by atoms with van der Waals surface area (Å²) in [5.41, 5.74) is 1.03. The second kappa shape index (κ2) is 4.55.